The summed E-state index contributed by atoms with van der Waals surface area (Å²) in [4.78, 5) is 26.3. The fourth-order valence-electron chi connectivity index (χ4n) is 3.83. The molecular weight excluding hydrogens is 226 g/mol. The van der Waals surface area contributed by atoms with Gasteiger partial charge in [-0.25, -0.2) is 0 Å². The van der Waals surface area contributed by atoms with E-state index in [1.54, 1.807) is 0 Å². The summed E-state index contributed by atoms with van der Waals surface area (Å²) in [5, 5.41) is 0. The van der Waals surface area contributed by atoms with Gasteiger partial charge in [0.05, 0.1) is 0 Å². The van der Waals surface area contributed by atoms with Crippen LogP contribution in [0.2, 0.25) is 0 Å². The summed E-state index contributed by atoms with van der Waals surface area (Å²) < 4.78 is 0. The SMILES string of the molecule is O=C1CCCC1C1CCCN1C(=O)CC1CCC1. The highest BCUT2D eigenvalue weighted by molar-refractivity contribution is 5.85. The maximum Gasteiger partial charge on any atom is 0.223 e. The van der Waals surface area contributed by atoms with Gasteiger partial charge < -0.3 is 4.90 Å². The lowest BCUT2D eigenvalue weighted by Crippen LogP contribution is -2.42. The van der Waals surface area contributed by atoms with Crippen LogP contribution in [-0.4, -0.2) is 29.2 Å². The predicted molar refractivity (Wildman–Crippen MR) is 69.0 cm³/mol. The van der Waals surface area contributed by atoms with Crippen molar-refractivity contribution in [2.24, 2.45) is 11.8 Å². The number of rotatable bonds is 3. The Morgan fingerprint density at radius 1 is 1.11 bits per heavy atom. The van der Waals surface area contributed by atoms with Gasteiger partial charge in [-0.05, 0) is 44.4 Å². The van der Waals surface area contributed by atoms with Crippen molar-refractivity contribution in [3.05, 3.63) is 0 Å². The molecule has 0 N–H and O–H groups in total. The van der Waals surface area contributed by atoms with Crippen LogP contribution in [0.4, 0.5) is 0 Å². The fraction of sp³-hybridized carbons (Fsp3) is 0.867. The molecule has 2 atom stereocenters. The molecule has 1 aliphatic heterocycles. The van der Waals surface area contributed by atoms with Crippen LogP contribution in [0.25, 0.3) is 0 Å². The summed E-state index contributed by atoms with van der Waals surface area (Å²) in [6.45, 7) is 0.889. The Morgan fingerprint density at radius 3 is 2.56 bits per heavy atom. The molecule has 3 aliphatic rings. The molecule has 0 aromatic heterocycles. The van der Waals surface area contributed by atoms with Gasteiger partial charge >= 0.3 is 0 Å². The average Bonchev–Trinajstić information content (AvgIpc) is 2.90. The molecule has 0 spiro atoms. The van der Waals surface area contributed by atoms with Crippen LogP contribution in [-0.2, 0) is 9.59 Å². The van der Waals surface area contributed by atoms with Crippen molar-refractivity contribution >= 4 is 11.7 Å². The Kier molecular flexibility index (Phi) is 3.40. The first kappa shape index (κ1) is 12.2. The monoisotopic (exact) mass is 249 g/mol. The van der Waals surface area contributed by atoms with Gasteiger partial charge in [0.2, 0.25) is 5.91 Å². The smallest absolute Gasteiger partial charge is 0.223 e. The highest BCUT2D eigenvalue weighted by Crippen LogP contribution is 2.35. The fourth-order valence-corrected chi connectivity index (χ4v) is 3.83. The van der Waals surface area contributed by atoms with Crippen molar-refractivity contribution < 1.29 is 9.59 Å². The standard InChI is InChI=1S/C15H23NO2/c17-14-8-2-6-12(14)13-7-3-9-16(13)15(18)10-11-4-1-5-11/h11-13H,1-10H2. The minimum Gasteiger partial charge on any atom is -0.339 e. The van der Waals surface area contributed by atoms with Crippen LogP contribution < -0.4 is 0 Å². The third-order valence-electron chi connectivity index (χ3n) is 5.12. The zero-order valence-corrected chi connectivity index (χ0v) is 11.1. The molecule has 2 aliphatic carbocycles. The first-order valence-corrected chi connectivity index (χ1v) is 7.58. The van der Waals surface area contributed by atoms with Crippen LogP contribution in [0.3, 0.4) is 0 Å². The molecule has 0 aromatic carbocycles. The van der Waals surface area contributed by atoms with Gasteiger partial charge in [0, 0.05) is 31.3 Å². The Bertz CT molecular complexity index is 348. The third kappa shape index (κ3) is 2.19. The summed E-state index contributed by atoms with van der Waals surface area (Å²) in [6.07, 6.45) is 9.41. The summed E-state index contributed by atoms with van der Waals surface area (Å²) in [6, 6.07) is 0.243. The molecule has 3 heteroatoms. The summed E-state index contributed by atoms with van der Waals surface area (Å²) in [7, 11) is 0. The van der Waals surface area contributed by atoms with E-state index < -0.39 is 0 Å². The van der Waals surface area contributed by atoms with Crippen LogP contribution in [0, 0.1) is 11.8 Å². The number of ketones is 1. The molecule has 0 radical (unpaired) electrons. The number of nitrogens with zero attached hydrogens (tertiary/aromatic N) is 1. The van der Waals surface area contributed by atoms with E-state index in [-0.39, 0.29) is 12.0 Å². The van der Waals surface area contributed by atoms with Crippen molar-refractivity contribution in [2.45, 2.75) is 63.8 Å². The van der Waals surface area contributed by atoms with Crippen molar-refractivity contribution in [1.29, 1.82) is 0 Å². The molecule has 1 heterocycles. The second kappa shape index (κ2) is 5.02. The van der Waals surface area contributed by atoms with E-state index in [0.717, 1.165) is 45.1 Å². The molecule has 1 amide bonds. The van der Waals surface area contributed by atoms with Crippen LogP contribution in [0.15, 0.2) is 0 Å². The van der Waals surface area contributed by atoms with E-state index >= 15 is 0 Å². The number of hydrogen-bond acceptors (Lipinski definition) is 2. The Balaban J connectivity index is 1.62. The predicted octanol–water partition coefficient (Wildman–Crippen LogP) is 2.54. The normalized spacial score (nSPS) is 32.9. The van der Waals surface area contributed by atoms with E-state index in [4.69, 9.17) is 0 Å². The van der Waals surface area contributed by atoms with Gasteiger partial charge in [-0.3, -0.25) is 9.59 Å². The van der Waals surface area contributed by atoms with Crippen molar-refractivity contribution in [3.8, 4) is 0 Å². The highest BCUT2D eigenvalue weighted by atomic mass is 16.2. The second-order valence-electron chi connectivity index (χ2n) is 6.26. The third-order valence-corrected chi connectivity index (χ3v) is 5.12. The summed E-state index contributed by atoms with van der Waals surface area (Å²) in [5.41, 5.74) is 0. The van der Waals surface area contributed by atoms with Gasteiger partial charge in [0.15, 0.2) is 0 Å². The molecule has 100 valence electrons. The molecule has 1 saturated heterocycles. The molecule has 18 heavy (non-hydrogen) atoms. The Labute approximate surface area is 109 Å². The average molecular weight is 249 g/mol. The molecule has 3 fully saturated rings. The van der Waals surface area contributed by atoms with E-state index in [2.05, 4.69) is 0 Å². The maximum atomic E-state index is 12.3. The molecule has 2 saturated carbocycles. The topological polar surface area (TPSA) is 37.4 Å². The second-order valence-corrected chi connectivity index (χ2v) is 6.26. The molecule has 3 nitrogen and oxygen atoms in total. The number of hydrogen-bond donors (Lipinski definition) is 0. The number of carbonyl (C=O) groups excluding carboxylic acids is 2. The number of carbonyl (C=O) groups is 2. The first-order chi connectivity index (χ1) is 8.75. The van der Waals surface area contributed by atoms with Crippen LogP contribution in [0.1, 0.15) is 57.8 Å². The zero-order valence-electron chi connectivity index (χ0n) is 11.1. The lowest BCUT2D eigenvalue weighted by atomic mass is 9.82. The van der Waals surface area contributed by atoms with Crippen LogP contribution in [0.5, 0.6) is 0 Å². The van der Waals surface area contributed by atoms with E-state index in [1.165, 1.54) is 19.3 Å². The molecule has 2 unspecified atom stereocenters. The van der Waals surface area contributed by atoms with Gasteiger partial charge in [-0.15, -0.1) is 0 Å². The maximum absolute atomic E-state index is 12.3. The van der Waals surface area contributed by atoms with Crippen LogP contribution >= 0.6 is 0 Å². The summed E-state index contributed by atoms with van der Waals surface area (Å²) >= 11 is 0. The van der Waals surface area contributed by atoms with Gasteiger partial charge in [-0.2, -0.15) is 0 Å². The quantitative estimate of drug-likeness (QED) is 0.770. The van der Waals surface area contributed by atoms with Crippen molar-refractivity contribution in [2.75, 3.05) is 6.54 Å². The first-order valence-electron chi connectivity index (χ1n) is 7.58. The minimum atomic E-state index is 0.165. The molecular formula is C15H23NO2. The molecule has 0 bridgehead atoms. The Hall–Kier alpha value is -0.860. The molecule has 3 rings (SSSR count). The zero-order chi connectivity index (χ0) is 12.5. The highest BCUT2D eigenvalue weighted by Gasteiger charge is 2.40. The van der Waals surface area contributed by atoms with Crippen molar-refractivity contribution in [1.82, 2.24) is 4.90 Å². The van der Waals surface area contributed by atoms with E-state index in [1.807, 2.05) is 4.90 Å². The van der Waals surface area contributed by atoms with Gasteiger partial charge in [-0.1, -0.05) is 6.42 Å². The number of amides is 1. The Morgan fingerprint density at radius 2 is 1.94 bits per heavy atom. The van der Waals surface area contributed by atoms with Crippen molar-refractivity contribution in [3.63, 3.8) is 0 Å². The van der Waals surface area contributed by atoms with Gasteiger partial charge in [0.1, 0.15) is 5.78 Å². The summed E-state index contributed by atoms with van der Waals surface area (Å²) in [5.74, 6) is 1.53. The number of likely N-dealkylation sites (tertiary alicyclic amines) is 1. The minimum absolute atomic E-state index is 0.165. The van der Waals surface area contributed by atoms with E-state index in [0.29, 0.717) is 17.6 Å². The van der Waals surface area contributed by atoms with E-state index in [9.17, 15) is 9.59 Å². The largest absolute Gasteiger partial charge is 0.339 e. The van der Waals surface area contributed by atoms with Gasteiger partial charge in [0.25, 0.3) is 0 Å². The molecule has 0 aromatic rings. The lowest BCUT2D eigenvalue weighted by Gasteiger charge is -2.32. The number of Topliss-reactive ketones (excluding diaryl/α,β-unsaturated/α-hetero) is 1. The lowest BCUT2D eigenvalue weighted by molar-refractivity contribution is -0.135.